The van der Waals surface area contributed by atoms with Crippen LogP contribution in [-0.2, 0) is 26.9 Å². The molecular formula is C24H22F4N2O4. The first kappa shape index (κ1) is 24.9. The molecule has 0 bridgehead atoms. The summed E-state index contributed by atoms with van der Waals surface area (Å²) in [7, 11) is 0. The van der Waals surface area contributed by atoms with Crippen molar-refractivity contribution in [3.05, 3.63) is 70.9 Å². The molecule has 1 N–H and O–H groups in total. The van der Waals surface area contributed by atoms with Crippen LogP contribution < -0.4 is 10.1 Å². The van der Waals surface area contributed by atoms with E-state index in [0.29, 0.717) is 23.8 Å². The first-order chi connectivity index (χ1) is 16.1. The third kappa shape index (κ3) is 6.00. The van der Waals surface area contributed by atoms with Crippen LogP contribution in [0.15, 0.2) is 48.4 Å². The van der Waals surface area contributed by atoms with Crippen LogP contribution in [-0.4, -0.2) is 29.9 Å². The molecule has 0 saturated heterocycles. The molecule has 1 aromatic heterocycles. The molecule has 0 radical (unpaired) electrons. The third-order valence-electron chi connectivity index (χ3n) is 4.83. The van der Waals surface area contributed by atoms with E-state index in [1.165, 1.54) is 25.1 Å². The lowest BCUT2D eigenvalue weighted by Gasteiger charge is -2.15. The Morgan fingerprint density at radius 2 is 1.88 bits per heavy atom. The fraction of sp³-hybridized carbons (Fsp3) is 0.292. The maximum Gasteiger partial charge on any atom is 0.421 e. The summed E-state index contributed by atoms with van der Waals surface area (Å²) >= 11 is 0. The lowest BCUT2D eigenvalue weighted by atomic mass is 9.96. The second-order valence-corrected chi connectivity index (χ2v) is 7.27. The lowest BCUT2D eigenvalue weighted by molar-refractivity contribution is -0.139. The van der Waals surface area contributed by atoms with E-state index in [-0.39, 0.29) is 35.8 Å². The average molecular weight is 478 g/mol. The number of rotatable bonds is 8. The van der Waals surface area contributed by atoms with Gasteiger partial charge in [-0.3, -0.25) is 9.59 Å². The Morgan fingerprint density at radius 1 is 1.15 bits per heavy atom. The number of hydrogen-bond acceptors (Lipinski definition) is 5. The zero-order valence-electron chi connectivity index (χ0n) is 18.5. The van der Waals surface area contributed by atoms with Gasteiger partial charge in [-0.2, -0.15) is 13.2 Å². The van der Waals surface area contributed by atoms with E-state index in [0.717, 1.165) is 6.20 Å². The van der Waals surface area contributed by atoms with Crippen LogP contribution in [0.5, 0.6) is 5.88 Å². The summed E-state index contributed by atoms with van der Waals surface area (Å²) in [6, 6.07) is 4.94. The highest BCUT2D eigenvalue weighted by Gasteiger charge is 2.36. The molecule has 1 heterocycles. The van der Waals surface area contributed by atoms with Gasteiger partial charge in [0.25, 0.3) is 0 Å². The van der Waals surface area contributed by atoms with Gasteiger partial charge in [-0.1, -0.05) is 18.2 Å². The minimum Gasteiger partial charge on any atom is -0.490 e. The van der Waals surface area contributed by atoms with Crippen LogP contribution in [0.25, 0.3) is 5.57 Å². The number of pyridine rings is 1. The Hall–Kier alpha value is -3.69. The topological polar surface area (TPSA) is 77.5 Å². The van der Waals surface area contributed by atoms with Crippen LogP contribution in [0.2, 0.25) is 0 Å². The fourth-order valence-electron chi connectivity index (χ4n) is 3.29. The Morgan fingerprint density at radius 3 is 2.53 bits per heavy atom. The van der Waals surface area contributed by atoms with Gasteiger partial charge in [-0.05, 0) is 48.8 Å². The molecule has 2 aromatic rings. The first-order valence-corrected chi connectivity index (χ1v) is 10.5. The predicted molar refractivity (Wildman–Crippen MR) is 116 cm³/mol. The van der Waals surface area contributed by atoms with Crippen LogP contribution in [0, 0.1) is 5.82 Å². The van der Waals surface area contributed by atoms with Gasteiger partial charge in [-0.15, -0.1) is 0 Å². The number of amides is 1. The summed E-state index contributed by atoms with van der Waals surface area (Å²) < 4.78 is 64.6. The van der Waals surface area contributed by atoms with Crippen molar-refractivity contribution in [3.8, 4) is 5.88 Å². The molecule has 1 aliphatic rings. The van der Waals surface area contributed by atoms with Crippen molar-refractivity contribution in [2.24, 2.45) is 0 Å². The van der Waals surface area contributed by atoms with Crippen LogP contribution in [0.1, 0.15) is 37.0 Å². The largest absolute Gasteiger partial charge is 0.490 e. The number of ketones is 1. The van der Waals surface area contributed by atoms with Crippen molar-refractivity contribution in [2.75, 3.05) is 18.5 Å². The van der Waals surface area contributed by atoms with Gasteiger partial charge in [-0.25, -0.2) is 9.37 Å². The van der Waals surface area contributed by atoms with Gasteiger partial charge in [0.1, 0.15) is 11.4 Å². The van der Waals surface area contributed by atoms with Gasteiger partial charge >= 0.3 is 6.18 Å². The van der Waals surface area contributed by atoms with E-state index in [4.69, 9.17) is 9.47 Å². The van der Waals surface area contributed by atoms with Gasteiger partial charge in [0, 0.05) is 6.42 Å². The molecule has 0 unspecified atom stereocenters. The molecule has 1 amide bonds. The third-order valence-corrected chi connectivity index (χ3v) is 4.83. The molecule has 0 spiro atoms. The summed E-state index contributed by atoms with van der Waals surface area (Å²) in [5.41, 5.74) is -0.155. The Bertz CT molecular complexity index is 1160. The fourth-order valence-corrected chi connectivity index (χ4v) is 3.29. The molecule has 6 nitrogen and oxygen atoms in total. The maximum absolute atomic E-state index is 14.7. The van der Waals surface area contributed by atoms with Crippen LogP contribution in [0.4, 0.5) is 23.2 Å². The van der Waals surface area contributed by atoms with Gasteiger partial charge in [0.05, 0.1) is 31.5 Å². The Kier molecular flexibility index (Phi) is 7.70. The molecule has 0 atom stereocenters. The highest BCUT2D eigenvalue weighted by molar-refractivity contribution is 6.01. The van der Waals surface area contributed by atoms with Crippen LogP contribution in [0.3, 0.4) is 0 Å². The van der Waals surface area contributed by atoms with Gasteiger partial charge in [0.2, 0.25) is 17.6 Å². The SMILES string of the molecule is CCOC1=CC(c2ccc(CC(=O)Nc3cnc(OCC)c(C(F)(F)F)c3)c(F)c2)=CCC1=O. The van der Waals surface area contributed by atoms with E-state index < -0.39 is 35.8 Å². The summed E-state index contributed by atoms with van der Waals surface area (Å²) in [4.78, 5) is 27.8. The number of alkyl halides is 3. The summed E-state index contributed by atoms with van der Waals surface area (Å²) in [5, 5.41) is 2.30. The van der Waals surface area contributed by atoms with E-state index in [1.807, 2.05) is 0 Å². The number of carbonyl (C=O) groups is 2. The maximum atomic E-state index is 14.7. The number of benzene rings is 1. The number of nitrogens with one attached hydrogen (secondary N) is 1. The minimum atomic E-state index is -4.73. The first-order valence-electron chi connectivity index (χ1n) is 10.5. The van der Waals surface area contributed by atoms with E-state index in [1.54, 1.807) is 19.1 Å². The van der Waals surface area contributed by atoms with Crippen molar-refractivity contribution in [1.29, 1.82) is 0 Å². The van der Waals surface area contributed by atoms with Crippen LogP contribution >= 0.6 is 0 Å². The Labute approximate surface area is 193 Å². The number of hydrogen-bond donors (Lipinski definition) is 1. The molecule has 34 heavy (non-hydrogen) atoms. The smallest absolute Gasteiger partial charge is 0.421 e. The van der Waals surface area contributed by atoms with Crippen molar-refractivity contribution >= 4 is 23.0 Å². The zero-order valence-corrected chi connectivity index (χ0v) is 18.5. The van der Waals surface area contributed by atoms with E-state index >= 15 is 0 Å². The molecule has 10 heteroatoms. The molecule has 3 rings (SSSR count). The average Bonchev–Trinajstić information content (AvgIpc) is 2.77. The number of anilines is 1. The van der Waals surface area contributed by atoms with E-state index in [9.17, 15) is 27.2 Å². The highest BCUT2D eigenvalue weighted by atomic mass is 19.4. The molecule has 0 aliphatic heterocycles. The molecule has 1 aromatic carbocycles. The van der Waals surface area contributed by atoms with Crippen molar-refractivity contribution in [3.63, 3.8) is 0 Å². The molecule has 1 aliphatic carbocycles. The number of carbonyl (C=O) groups excluding carboxylic acids is 2. The second-order valence-electron chi connectivity index (χ2n) is 7.27. The molecule has 0 fully saturated rings. The summed E-state index contributed by atoms with van der Waals surface area (Å²) in [6.45, 7) is 3.59. The monoisotopic (exact) mass is 478 g/mol. The highest BCUT2D eigenvalue weighted by Crippen LogP contribution is 2.36. The summed E-state index contributed by atoms with van der Waals surface area (Å²) in [5.74, 6) is -1.94. The molecule has 180 valence electrons. The zero-order chi connectivity index (χ0) is 24.9. The molecule has 0 saturated carbocycles. The summed E-state index contributed by atoms with van der Waals surface area (Å²) in [6.07, 6.45) is -0.774. The van der Waals surface area contributed by atoms with Crippen molar-refractivity contribution in [2.45, 2.75) is 32.9 Å². The second kappa shape index (κ2) is 10.5. The number of Topliss-reactive ketones (excluding diaryl/α,β-unsaturated/α-hetero) is 1. The van der Waals surface area contributed by atoms with E-state index in [2.05, 4.69) is 10.3 Å². The quantitative estimate of drug-likeness (QED) is 0.535. The lowest BCUT2D eigenvalue weighted by Crippen LogP contribution is -2.17. The normalized spacial score (nSPS) is 13.8. The van der Waals surface area contributed by atoms with Gasteiger partial charge in [0.15, 0.2) is 5.76 Å². The standard InChI is InChI=1S/C24H22F4N2O4/c1-3-33-21-10-15(7-8-20(21)31)14-5-6-16(19(25)9-14)11-22(32)30-17-12-18(24(26,27)28)23(29-13-17)34-4-2/h5-7,9-10,12-13H,3-4,8,11H2,1-2H3,(H,30,32). The predicted octanol–water partition coefficient (Wildman–Crippen LogP) is 5.10. The number of halogens is 4. The Balaban J connectivity index is 1.73. The van der Waals surface area contributed by atoms with Crippen molar-refractivity contribution in [1.82, 2.24) is 4.98 Å². The van der Waals surface area contributed by atoms with Gasteiger partial charge < -0.3 is 14.8 Å². The number of aromatic nitrogens is 1. The van der Waals surface area contributed by atoms with Crippen molar-refractivity contribution < 1.29 is 36.6 Å². The molecular weight excluding hydrogens is 456 g/mol. The number of nitrogens with zero attached hydrogens (tertiary/aromatic N) is 1. The minimum absolute atomic E-state index is 0.00694. The number of allylic oxidation sites excluding steroid dienone is 4. The number of ether oxygens (including phenoxy) is 2.